The van der Waals surface area contributed by atoms with Gasteiger partial charge in [0, 0.05) is 24.1 Å². The van der Waals surface area contributed by atoms with E-state index in [1.807, 2.05) is 13.0 Å². The molecule has 0 unspecified atom stereocenters. The van der Waals surface area contributed by atoms with Crippen molar-refractivity contribution in [1.29, 1.82) is 0 Å². The lowest BCUT2D eigenvalue weighted by Gasteiger charge is -2.41. The van der Waals surface area contributed by atoms with Crippen LogP contribution >= 0.6 is 0 Å². The first kappa shape index (κ1) is 27.9. The maximum Gasteiger partial charge on any atom is 0.203 e. The average molecular weight is 509 g/mol. The highest BCUT2D eigenvalue weighted by molar-refractivity contribution is 6.06. The Morgan fingerprint density at radius 3 is 2.24 bits per heavy atom. The van der Waals surface area contributed by atoms with Crippen LogP contribution in [0.25, 0.3) is 0 Å². The summed E-state index contributed by atoms with van der Waals surface area (Å²) in [7, 11) is 0. The normalized spacial score (nSPS) is 19.8. The molecule has 5 N–H and O–H groups in total. The average Bonchev–Trinajstić information content (AvgIpc) is 2.81. The number of fused-ring (bicyclic) bond motifs is 1. The first-order chi connectivity index (χ1) is 17.5. The van der Waals surface area contributed by atoms with E-state index < -0.39 is 34.7 Å². The number of hydrogen-bond donors (Lipinski definition) is 5. The van der Waals surface area contributed by atoms with Crippen molar-refractivity contribution in [2.24, 2.45) is 0 Å². The highest BCUT2D eigenvalue weighted by Crippen LogP contribution is 2.49. The van der Waals surface area contributed by atoms with Crippen molar-refractivity contribution in [3.8, 4) is 28.7 Å². The Hall–Kier alpha value is -3.71. The molecule has 2 aromatic rings. The smallest absolute Gasteiger partial charge is 0.203 e. The predicted octanol–water partition coefficient (Wildman–Crippen LogP) is 6.15. The van der Waals surface area contributed by atoms with Gasteiger partial charge in [0.2, 0.25) is 5.78 Å². The van der Waals surface area contributed by atoms with Gasteiger partial charge in [-0.2, -0.15) is 0 Å². The number of benzene rings is 2. The molecule has 1 heterocycles. The highest BCUT2D eigenvalue weighted by atomic mass is 16.5. The maximum atomic E-state index is 13.2. The Morgan fingerprint density at radius 2 is 1.57 bits per heavy atom. The van der Waals surface area contributed by atoms with Crippen LogP contribution in [0.1, 0.15) is 75.7 Å². The first-order valence-electron chi connectivity index (χ1n) is 12.4. The van der Waals surface area contributed by atoms with Crippen molar-refractivity contribution in [2.45, 2.75) is 71.5 Å². The lowest BCUT2D eigenvalue weighted by molar-refractivity contribution is -0.0526. The number of hydrogen-bond acceptors (Lipinski definition) is 7. The number of aliphatic hydroxyl groups is 1. The SMILES string of the molecule is CC(C)=CCC/C(C)=C/CC/C(C)=C/C[C@@]1(c2cccc(O)c2O)Oc2cc(O)cc(O)c2C(=O)[C@@H]1O. The summed E-state index contributed by atoms with van der Waals surface area (Å²) < 4.78 is 6.12. The van der Waals surface area contributed by atoms with Gasteiger partial charge in [-0.3, -0.25) is 4.79 Å². The molecule has 0 amide bonds. The van der Waals surface area contributed by atoms with E-state index in [1.54, 1.807) is 0 Å². The predicted molar refractivity (Wildman–Crippen MR) is 142 cm³/mol. The second-order valence-corrected chi connectivity index (χ2v) is 9.93. The molecule has 2 aromatic carbocycles. The van der Waals surface area contributed by atoms with Gasteiger partial charge >= 0.3 is 0 Å². The van der Waals surface area contributed by atoms with Gasteiger partial charge in [-0.05, 0) is 59.4 Å². The number of aliphatic hydroxyl groups excluding tert-OH is 1. The van der Waals surface area contributed by atoms with Gasteiger partial charge in [0.1, 0.15) is 22.8 Å². The molecule has 0 saturated heterocycles. The van der Waals surface area contributed by atoms with Gasteiger partial charge in [-0.25, -0.2) is 0 Å². The molecule has 1 aliphatic rings. The van der Waals surface area contributed by atoms with Crippen LogP contribution in [-0.2, 0) is 5.60 Å². The number of carbonyl (C=O) groups excluding carboxylic acids is 1. The first-order valence-corrected chi connectivity index (χ1v) is 12.4. The zero-order valence-corrected chi connectivity index (χ0v) is 21.8. The molecular formula is C30H36O7. The highest BCUT2D eigenvalue weighted by Gasteiger charge is 2.52. The summed E-state index contributed by atoms with van der Waals surface area (Å²) in [6, 6.07) is 6.38. The van der Waals surface area contributed by atoms with E-state index in [9.17, 15) is 30.3 Å². The minimum Gasteiger partial charge on any atom is -0.508 e. The van der Waals surface area contributed by atoms with Crippen molar-refractivity contribution >= 4 is 5.78 Å². The van der Waals surface area contributed by atoms with Crippen molar-refractivity contribution in [3.05, 3.63) is 76.4 Å². The largest absolute Gasteiger partial charge is 0.508 e. The molecule has 0 bridgehead atoms. The van der Waals surface area contributed by atoms with Crippen LogP contribution in [-0.4, -0.2) is 37.4 Å². The lowest BCUT2D eigenvalue weighted by Crippen LogP contribution is -2.52. The fourth-order valence-corrected chi connectivity index (χ4v) is 4.52. The number of Topliss-reactive ketones (excluding diaryl/α,β-unsaturated/α-hetero) is 1. The molecule has 0 saturated carbocycles. The minimum absolute atomic E-state index is 0.0120. The Labute approximate surface area is 217 Å². The number of rotatable bonds is 9. The summed E-state index contributed by atoms with van der Waals surface area (Å²) in [5, 5.41) is 52.2. The Kier molecular flexibility index (Phi) is 8.71. The minimum atomic E-state index is -1.80. The van der Waals surface area contributed by atoms with Crippen LogP contribution in [0.3, 0.4) is 0 Å². The van der Waals surface area contributed by atoms with Crippen molar-refractivity contribution in [2.75, 3.05) is 0 Å². The molecule has 7 nitrogen and oxygen atoms in total. The van der Waals surface area contributed by atoms with Gasteiger partial charge in [0.15, 0.2) is 23.2 Å². The molecule has 3 rings (SSSR count). The molecule has 0 radical (unpaired) electrons. The van der Waals surface area contributed by atoms with Gasteiger partial charge in [0.05, 0.1) is 0 Å². The number of para-hydroxylation sites is 1. The molecule has 0 aromatic heterocycles. The monoisotopic (exact) mass is 508 g/mol. The summed E-state index contributed by atoms with van der Waals surface area (Å²) in [5.74, 6) is -2.75. The number of ketones is 1. The zero-order chi connectivity index (χ0) is 27.3. The third kappa shape index (κ3) is 6.17. The second-order valence-electron chi connectivity index (χ2n) is 9.93. The summed E-state index contributed by atoms with van der Waals surface area (Å²) in [6.45, 7) is 8.21. The summed E-state index contributed by atoms with van der Waals surface area (Å²) in [6.07, 6.45) is 7.99. The number of allylic oxidation sites excluding steroid dienone is 5. The summed E-state index contributed by atoms with van der Waals surface area (Å²) in [4.78, 5) is 13.2. The fourth-order valence-electron chi connectivity index (χ4n) is 4.52. The van der Waals surface area contributed by atoms with E-state index in [-0.39, 0.29) is 29.0 Å². The number of aromatic hydroxyl groups is 4. The van der Waals surface area contributed by atoms with Crippen LogP contribution in [0.4, 0.5) is 0 Å². The van der Waals surface area contributed by atoms with E-state index >= 15 is 0 Å². The topological polar surface area (TPSA) is 127 Å². The number of phenolic OH excluding ortho intramolecular Hbond substituents is 4. The van der Waals surface area contributed by atoms with Gasteiger partial charge in [-0.15, -0.1) is 0 Å². The third-order valence-corrected chi connectivity index (χ3v) is 6.64. The Morgan fingerprint density at radius 1 is 0.919 bits per heavy atom. The maximum absolute atomic E-state index is 13.2. The molecule has 0 spiro atoms. The zero-order valence-electron chi connectivity index (χ0n) is 21.8. The van der Waals surface area contributed by atoms with Crippen LogP contribution in [0.5, 0.6) is 28.7 Å². The quantitative estimate of drug-likeness (QED) is 0.203. The Bertz CT molecular complexity index is 1250. The summed E-state index contributed by atoms with van der Waals surface area (Å²) in [5.41, 5.74) is 1.55. The van der Waals surface area contributed by atoms with E-state index in [2.05, 4.69) is 32.9 Å². The van der Waals surface area contributed by atoms with Crippen molar-refractivity contribution < 1.29 is 35.1 Å². The van der Waals surface area contributed by atoms with E-state index in [1.165, 1.54) is 35.4 Å². The fraction of sp³-hybridized carbons (Fsp3) is 0.367. The molecule has 2 atom stereocenters. The molecule has 198 valence electrons. The van der Waals surface area contributed by atoms with Crippen molar-refractivity contribution in [1.82, 2.24) is 0 Å². The van der Waals surface area contributed by atoms with E-state index in [0.717, 1.165) is 37.3 Å². The third-order valence-electron chi connectivity index (χ3n) is 6.64. The van der Waals surface area contributed by atoms with Gasteiger partial charge < -0.3 is 30.3 Å². The van der Waals surface area contributed by atoms with Crippen LogP contribution < -0.4 is 4.74 Å². The molecule has 1 aliphatic heterocycles. The lowest BCUT2D eigenvalue weighted by atomic mass is 9.78. The van der Waals surface area contributed by atoms with E-state index in [4.69, 9.17) is 4.74 Å². The van der Waals surface area contributed by atoms with Crippen LogP contribution in [0.2, 0.25) is 0 Å². The Balaban J connectivity index is 1.92. The molecule has 0 aliphatic carbocycles. The summed E-state index contributed by atoms with van der Waals surface area (Å²) >= 11 is 0. The van der Waals surface area contributed by atoms with E-state index in [0.29, 0.717) is 0 Å². The second kappa shape index (κ2) is 11.6. The number of ether oxygens (including phenoxy) is 1. The molecule has 37 heavy (non-hydrogen) atoms. The van der Waals surface area contributed by atoms with Gasteiger partial charge in [0.25, 0.3) is 0 Å². The van der Waals surface area contributed by atoms with Crippen LogP contribution in [0, 0.1) is 0 Å². The standard InChI is InChI=1S/C30H36O7/c1-18(2)8-5-9-19(3)10-6-11-20(4)14-15-30(22-12-7-13-23(32)27(22)34)29(36)28(35)26-24(33)16-21(31)17-25(26)37-30/h7-8,10,12-14,16-17,29,31-34,36H,5-6,9,11,15H2,1-4H3/b19-10+,20-14+/t29-,30-/m0/s1. The number of carbonyl (C=O) groups is 1. The molecule has 7 heteroatoms. The van der Waals surface area contributed by atoms with Gasteiger partial charge in [-0.1, -0.05) is 47.1 Å². The molecular weight excluding hydrogens is 472 g/mol. The molecule has 0 fully saturated rings. The van der Waals surface area contributed by atoms with Crippen molar-refractivity contribution in [3.63, 3.8) is 0 Å². The number of phenols is 4. The van der Waals surface area contributed by atoms with Crippen LogP contribution in [0.15, 0.2) is 65.3 Å².